The summed E-state index contributed by atoms with van der Waals surface area (Å²) < 4.78 is 10.3. The zero-order valence-electron chi connectivity index (χ0n) is 20.5. The van der Waals surface area contributed by atoms with Crippen molar-refractivity contribution in [1.82, 2.24) is 5.32 Å². The summed E-state index contributed by atoms with van der Waals surface area (Å²) in [5, 5.41) is 22.1. The molecule has 2 aromatic carbocycles. The van der Waals surface area contributed by atoms with Crippen LogP contribution in [0.15, 0.2) is 36.4 Å². The molecule has 35 heavy (non-hydrogen) atoms. The van der Waals surface area contributed by atoms with E-state index in [1.807, 2.05) is 36.4 Å². The van der Waals surface area contributed by atoms with Crippen LogP contribution in [0.4, 0.5) is 0 Å². The molecule has 3 atom stereocenters. The average molecular weight is 509 g/mol. The molecule has 11 heteroatoms. The molecule has 1 amide bonds. The minimum Gasteiger partial charge on any atom is -0.566 e. The van der Waals surface area contributed by atoms with E-state index in [0.717, 1.165) is 33.8 Å². The summed E-state index contributed by atoms with van der Waals surface area (Å²) in [6.45, 7) is 6.25. The molecular weight excluding hydrogens is 476 g/mol. The lowest BCUT2D eigenvalue weighted by atomic mass is 9.96. The van der Waals surface area contributed by atoms with Gasteiger partial charge in [-0.05, 0) is 56.2 Å². The first-order valence-corrected chi connectivity index (χ1v) is 12.0. The van der Waals surface area contributed by atoms with E-state index >= 15 is 0 Å². The third kappa shape index (κ3) is 8.18. The van der Waals surface area contributed by atoms with Crippen molar-refractivity contribution in [3.8, 4) is 5.75 Å². The van der Waals surface area contributed by atoms with Gasteiger partial charge in [0, 0.05) is 5.75 Å². The van der Waals surface area contributed by atoms with E-state index in [9.17, 15) is 19.6 Å². The van der Waals surface area contributed by atoms with Crippen molar-refractivity contribution in [2.24, 2.45) is 5.41 Å². The molecule has 0 fully saturated rings. The van der Waals surface area contributed by atoms with Crippen LogP contribution in [0.1, 0.15) is 39.2 Å². The van der Waals surface area contributed by atoms with Crippen LogP contribution in [-0.4, -0.2) is 54.3 Å². The smallest absolute Gasteiger partial charge is 0.329 e. The summed E-state index contributed by atoms with van der Waals surface area (Å²) in [5.74, 6) is -0.946. The van der Waals surface area contributed by atoms with Crippen LogP contribution in [0.3, 0.4) is 0 Å². The number of nitrogens with one attached hydrogen (secondary N) is 2. The largest absolute Gasteiger partial charge is 0.566 e. The number of carbonyl (C=O) groups is 3. The standard InChI is InChI=1S/C24H32N2O8S/c1-6-33-22(28)20(13-35-23(29)24(3,4)14-34-26(30)31)25-21(27)15(2)16-7-8-18-12-19(32-5)10-9-17(18)11-16/h7-12,15,20,26,30H,6,13-14H2,1-5H3,(H,25,27)/t15-,20-/m0/s1. The van der Waals surface area contributed by atoms with Gasteiger partial charge in [-0.1, -0.05) is 41.4 Å². The second-order valence-electron chi connectivity index (χ2n) is 8.54. The molecule has 1 unspecified atom stereocenters. The molecule has 0 aromatic heterocycles. The summed E-state index contributed by atoms with van der Waals surface area (Å²) >= 11 is 0.813. The highest BCUT2D eigenvalue weighted by Crippen LogP contribution is 2.27. The van der Waals surface area contributed by atoms with Crippen molar-refractivity contribution in [2.75, 3.05) is 26.1 Å². The topological polar surface area (TPSA) is 139 Å². The fourth-order valence-electron chi connectivity index (χ4n) is 3.15. The Morgan fingerprint density at radius 1 is 1.17 bits per heavy atom. The first kappa shape index (κ1) is 28.5. The summed E-state index contributed by atoms with van der Waals surface area (Å²) in [6.07, 6.45) is 0. The molecule has 3 N–H and O–H groups in total. The number of thioether (sulfide) groups is 1. The molecule has 0 aliphatic rings. The summed E-state index contributed by atoms with van der Waals surface area (Å²) in [7, 11) is 1.60. The highest BCUT2D eigenvalue weighted by Gasteiger charge is 2.33. The minimum atomic E-state index is -1.48. The van der Waals surface area contributed by atoms with Crippen LogP contribution < -0.4 is 15.4 Å². The lowest BCUT2D eigenvalue weighted by Gasteiger charge is -2.24. The zero-order valence-corrected chi connectivity index (χ0v) is 21.3. The molecule has 2 aromatic rings. The van der Waals surface area contributed by atoms with Gasteiger partial charge in [-0.25, -0.2) is 4.79 Å². The molecule has 0 saturated carbocycles. The van der Waals surface area contributed by atoms with Gasteiger partial charge < -0.3 is 20.0 Å². The van der Waals surface area contributed by atoms with E-state index < -0.39 is 34.6 Å². The summed E-state index contributed by atoms with van der Waals surface area (Å²) in [6, 6.07) is 10.2. The summed E-state index contributed by atoms with van der Waals surface area (Å²) in [4.78, 5) is 42.6. The van der Waals surface area contributed by atoms with Crippen molar-refractivity contribution in [3.05, 3.63) is 47.2 Å². The van der Waals surface area contributed by atoms with Crippen molar-refractivity contribution >= 4 is 39.5 Å². The number of benzene rings is 2. The first-order chi connectivity index (χ1) is 16.5. The van der Waals surface area contributed by atoms with E-state index in [0.29, 0.717) is 0 Å². The molecule has 0 heterocycles. The van der Waals surface area contributed by atoms with Crippen molar-refractivity contribution in [3.63, 3.8) is 0 Å². The Hall–Kier alpha value is -2.70. The molecule has 0 aliphatic carbocycles. The van der Waals surface area contributed by atoms with Crippen LogP contribution in [0, 0.1) is 10.6 Å². The molecule has 0 saturated heterocycles. The maximum atomic E-state index is 13.0. The number of methoxy groups -OCH3 is 1. The van der Waals surface area contributed by atoms with Crippen LogP contribution >= 0.6 is 11.8 Å². The fraction of sp³-hybridized carbons (Fsp3) is 0.458. The van der Waals surface area contributed by atoms with Crippen molar-refractivity contribution in [1.29, 1.82) is 0 Å². The van der Waals surface area contributed by atoms with Gasteiger partial charge in [0.15, 0.2) is 5.12 Å². The molecule has 0 bridgehead atoms. The maximum Gasteiger partial charge on any atom is 0.329 e. The molecule has 0 aliphatic heterocycles. The lowest BCUT2D eigenvalue weighted by molar-refractivity contribution is -1.21. The van der Waals surface area contributed by atoms with Gasteiger partial charge >= 0.3 is 5.97 Å². The number of hydrogen-bond donors (Lipinski definition) is 3. The third-order valence-electron chi connectivity index (χ3n) is 5.34. The monoisotopic (exact) mass is 508 g/mol. The van der Waals surface area contributed by atoms with E-state index in [2.05, 4.69) is 10.2 Å². The molecule has 10 nitrogen and oxygen atoms in total. The first-order valence-electron chi connectivity index (χ1n) is 11.1. The Bertz CT molecular complexity index is 1040. The second kappa shape index (κ2) is 12.8. The molecule has 2 rings (SSSR count). The van der Waals surface area contributed by atoms with Gasteiger partial charge in [0.2, 0.25) is 5.91 Å². The maximum absolute atomic E-state index is 13.0. The average Bonchev–Trinajstić information content (AvgIpc) is 2.83. The summed E-state index contributed by atoms with van der Waals surface area (Å²) in [5.41, 5.74) is -0.341. The van der Waals surface area contributed by atoms with E-state index in [1.54, 1.807) is 34.8 Å². The third-order valence-corrected chi connectivity index (χ3v) is 6.66. The van der Waals surface area contributed by atoms with Crippen LogP contribution in [0.25, 0.3) is 10.8 Å². The number of esters is 1. The van der Waals surface area contributed by atoms with E-state index in [-0.39, 0.29) is 24.1 Å². The van der Waals surface area contributed by atoms with Gasteiger partial charge in [0.25, 0.3) is 0 Å². The zero-order chi connectivity index (χ0) is 26.2. The van der Waals surface area contributed by atoms with Gasteiger partial charge in [-0.15, -0.1) is 0 Å². The quantitative estimate of drug-likeness (QED) is 0.290. The van der Waals surface area contributed by atoms with E-state index in [1.165, 1.54) is 0 Å². The van der Waals surface area contributed by atoms with Crippen molar-refractivity contribution in [2.45, 2.75) is 39.7 Å². The van der Waals surface area contributed by atoms with E-state index in [4.69, 9.17) is 14.7 Å². The SMILES string of the molecule is CCOC(=O)[C@H](CSC(=O)C(C)(C)CO[NH+]([O-])O)NC(=O)[C@@H](C)c1ccc2cc(OC)ccc2c1. The number of ether oxygens (including phenoxy) is 2. The van der Waals surface area contributed by atoms with Gasteiger partial charge in [0.05, 0.1) is 25.0 Å². The predicted octanol–water partition coefficient (Wildman–Crippen LogP) is 1.99. The minimum absolute atomic E-state index is 0.0653. The number of hydrogen-bond acceptors (Lipinski definition) is 9. The molecule has 192 valence electrons. The highest BCUT2D eigenvalue weighted by atomic mass is 32.2. The number of quaternary nitrogens is 1. The Balaban J connectivity index is 2.10. The van der Waals surface area contributed by atoms with Crippen LogP contribution in [0.2, 0.25) is 0 Å². The molecular formula is C24H32N2O8S. The predicted molar refractivity (Wildman–Crippen MR) is 131 cm³/mol. The van der Waals surface area contributed by atoms with Crippen LogP contribution in [-0.2, 0) is 24.0 Å². The lowest BCUT2D eigenvalue weighted by Crippen LogP contribution is -3.03. The number of fused-ring (bicyclic) bond motifs is 1. The molecule has 0 radical (unpaired) electrons. The fourth-order valence-corrected chi connectivity index (χ4v) is 4.14. The second-order valence-corrected chi connectivity index (χ2v) is 9.54. The highest BCUT2D eigenvalue weighted by molar-refractivity contribution is 8.13. The van der Waals surface area contributed by atoms with Crippen molar-refractivity contribution < 1.29 is 39.3 Å². The Morgan fingerprint density at radius 2 is 1.83 bits per heavy atom. The van der Waals surface area contributed by atoms with Gasteiger partial charge in [-0.2, -0.15) is 10.0 Å². The van der Waals surface area contributed by atoms with Crippen LogP contribution in [0.5, 0.6) is 5.75 Å². The normalized spacial score (nSPS) is 14.1. The molecule has 0 spiro atoms. The number of amides is 1. The number of rotatable bonds is 12. The number of carbonyl (C=O) groups excluding carboxylic acids is 3. The Morgan fingerprint density at radius 3 is 2.46 bits per heavy atom. The Labute approximate surface area is 208 Å². The Kier molecular flexibility index (Phi) is 10.5. The van der Waals surface area contributed by atoms with Gasteiger partial charge in [0.1, 0.15) is 18.4 Å². The van der Waals surface area contributed by atoms with Gasteiger partial charge in [-0.3, -0.25) is 9.59 Å².